The van der Waals surface area contributed by atoms with Gasteiger partial charge in [0.15, 0.2) is 5.65 Å². The van der Waals surface area contributed by atoms with Crippen molar-refractivity contribution in [1.29, 1.82) is 0 Å². The minimum atomic E-state index is -1.12. The van der Waals surface area contributed by atoms with Crippen molar-refractivity contribution in [3.63, 3.8) is 0 Å². The number of rotatable bonds is 7. The highest BCUT2D eigenvalue weighted by Gasteiger charge is 2.23. The monoisotopic (exact) mass is 406 g/mol. The van der Waals surface area contributed by atoms with Gasteiger partial charge in [0.1, 0.15) is 18.2 Å². The maximum atomic E-state index is 10.8. The highest BCUT2D eigenvalue weighted by molar-refractivity contribution is 5.87. The van der Waals surface area contributed by atoms with Crippen LogP contribution in [0.3, 0.4) is 0 Å². The lowest BCUT2D eigenvalue weighted by Gasteiger charge is -2.23. The molecule has 0 radical (unpaired) electrons. The highest BCUT2D eigenvalue weighted by Crippen LogP contribution is 2.26. The summed E-state index contributed by atoms with van der Waals surface area (Å²) in [5, 5.41) is 39.3. The number of nitrogens with zero attached hydrogens (tertiary/aromatic N) is 5. The normalized spacial score (nSPS) is 13.1. The molecular weight excluding hydrogens is 388 g/mol. The first-order valence-corrected chi connectivity index (χ1v) is 9.12. The summed E-state index contributed by atoms with van der Waals surface area (Å²) < 4.78 is 1.67. The van der Waals surface area contributed by atoms with Crippen molar-refractivity contribution in [2.75, 3.05) is 11.9 Å². The van der Waals surface area contributed by atoms with Gasteiger partial charge in [-0.15, -0.1) is 0 Å². The van der Waals surface area contributed by atoms with Crippen molar-refractivity contribution >= 4 is 22.5 Å². The van der Waals surface area contributed by atoms with Crippen LogP contribution in [0, 0.1) is 10.1 Å². The Bertz CT molecular complexity index is 1160. The molecule has 0 bridgehead atoms. The van der Waals surface area contributed by atoms with Gasteiger partial charge in [0.25, 0.3) is 5.69 Å². The molecule has 0 aliphatic carbocycles. The molecule has 0 aliphatic heterocycles. The van der Waals surface area contributed by atoms with Gasteiger partial charge in [-0.1, -0.05) is 18.2 Å². The lowest BCUT2D eigenvalue weighted by atomic mass is 10.0. The number of hydrogen-bond acceptors (Lipinski definition) is 8. The van der Waals surface area contributed by atoms with Crippen LogP contribution < -0.4 is 5.32 Å². The summed E-state index contributed by atoms with van der Waals surface area (Å²) >= 11 is 0. The third kappa shape index (κ3) is 3.69. The van der Waals surface area contributed by atoms with Crippen LogP contribution in [-0.4, -0.2) is 47.5 Å². The fraction of sp³-hybridized carbons (Fsp3) is 0.150. The smallest absolute Gasteiger partial charge is 0.269 e. The Kier molecular flexibility index (Phi) is 5.33. The van der Waals surface area contributed by atoms with E-state index in [0.29, 0.717) is 22.4 Å². The van der Waals surface area contributed by atoms with Crippen LogP contribution in [0.15, 0.2) is 67.1 Å². The second-order valence-electron chi connectivity index (χ2n) is 6.58. The van der Waals surface area contributed by atoms with Crippen LogP contribution in [0.4, 0.5) is 11.5 Å². The summed E-state index contributed by atoms with van der Waals surface area (Å²) in [6, 6.07) is 14.2. The maximum absolute atomic E-state index is 10.8. The number of hydrogen-bond donors (Lipinski definition) is 3. The molecule has 0 saturated heterocycles. The Labute approximate surface area is 170 Å². The molecule has 2 aromatic heterocycles. The minimum absolute atomic E-state index is 0.0784. The van der Waals surface area contributed by atoms with Gasteiger partial charge in [0, 0.05) is 12.1 Å². The van der Waals surface area contributed by atoms with E-state index in [1.807, 2.05) is 30.3 Å². The number of aliphatic hydroxyl groups excluding tert-OH is 2. The standard InChI is InChI=1S/C20H18N6O4/c27-11-17(18(28)13-6-8-15(9-7-13)26(29)30)24-19-16-10-23-25(20(16)22-12-21-19)14-4-2-1-3-5-14/h1-10,12,17-18,27-28H,11H2,(H,21,22,24)/t17-,18-/m1/s1. The number of fused-ring (bicyclic) bond motifs is 1. The van der Waals surface area contributed by atoms with Gasteiger partial charge in [-0.2, -0.15) is 5.10 Å². The van der Waals surface area contributed by atoms with Crippen LogP contribution in [0.5, 0.6) is 0 Å². The van der Waals surface area contributed by atoms with E-state index in [2.05, 4.69) is 20.4 Å². The molecule has 3 N–H and O–H groups in total. The molecule has 0 amide bonds. The van der Waals surface area contributed by atoms with E-state index in [9.17, 15) is 20.3 Å². The minimum Gasteiger partial charge on any atom is -0.394 e. The van der Waals surface area contributed by atoms with E-state index in [1.54, 1.807) is 10.9 Å². The first kappa shape index (κ1) is 19.4. The van der Waals surface area contributed by atoms with Gasteiger partial charge in [-0.25, -0.2) is 14.6 Å². The predicted octanol–water partition coefficient (Wildman–Crippen LogP) is 2.23. The highest BCUT2D eigenvalue weighted by atomic mass is 16.6. The van der Waals surface area contributed by atoms with Gasteiger partial charge < -0.3 is 15.5 Å². The maximum Gasteiger partial charge on any atom is 0.269 e. The topological polar surface area (TPSA) is 139 Å². The molecule has 30 heavy (non-hydrogen) atoms. The predicted molar refractivity (Wildman–Crippen MR) is 109 cm³/mol. The lowest BCUT2D eigenvalue weighted by molar-refractivity contribution is -0.384. The summed E-state index contributed by atoms with van der Waals surface area (Å²) in [4.78, 5) is 18.8. The molecule has 4 aromatic rings. The van der Waals surface area contributed by atoms with Crippen LogP contribution in [-0.2, 0) is 0 Å². The molecule has 4 rings (SSSR count). The summed E-state index contributed by atoms with van der Waals surface area (Å²) in [7, 11) is 0. The second-order valence-corrected chi connectivity index (χ2v) is 6.58. The molecule has 2 heterocycles. The zero-order valence-electron chi connectivity index (χ0n) is 15.7. The number of non-ortho nitro benzene ring substituents is 1. The molecule has 10 heteroatoms. The van der Waals surface area contributed by atoms with E-state index < -0.39 is 23.7 Å². The van der Waals surface area contributed by atoms with Gasteiger partial charge in [-0.3, -0.25) is 10.1 Å². The van der Waals surface area contributed by atoms with Crippen LogP contribution in [0.25, 0.3) is 16.7 Å². The number of nitrogens with one attached hydrogen (secondary N) is 1. The van der Waals surface area contributed by atoms with Crippen molar-refractivity contribution in [2.24, 2.45) is 0 Å². The molecule has 0 saturated carbocycles. The summed E-state index contributed by atoms with van der Waals surface area (Å²) in [6.07, 6.45) is 1.86. The summed E-state index contributed by atoms with van der Waals surface area (Å²) in [6.45, 7) is -0.392. The fourth-order valence-electron chi connectivity index (χ4n) is 3.14. The average Bonchev–Trinajstić information content (AvgIpc) is 3.22. The largest absolute Gasteiger partial charge is 0.394 e. The first-order valence-electron chi connectivity index (χ1n) is 9.12. The van der Waals surface area contributed by atoms with Crippen molar-refractivity contribution in [3.8, 4) is 5.69 Å². The third-order valence-corrected chi connectivity index (χ3v) is 4.71. The number of para-hydroxylation sites is 1. The number of aliphatic hydroxyl groups is 2. The van der Waals surface area contributed by atoms with E-state index in [1.165, 1.54) is 30.6 Å². The van der Waals surface area contributed by atoms with Gasteiger partial charge in [0.2, 0.25) is 0 Å². The Morgan fingerprint density at radius 2 is 1.83 bits per heavy atom. The van der Waals surface area contributed by atoms with Crippen molar-refractivity contribution < 1.29 is 15.1 Å². The van der Waals surface area contributed by atoms with Crippen molar-refractivity contribution in [1.82, 2.24) is 19.7 Å². The first-order chi connectivity index (χ1) is 14.6. The quantitative estimate of drug-likeness (QED) is 0.314. The molecule has 0 spiro atoms. The number of anilines is 1. The Hall–Kier alpha value is -3.89. The Morgan fingerprint density at radius 1 is 1.10 bits per heavy atom. The van der Waals surface area contributed by atoms with E-state index >= 15 is 0 Å². The van der Waals surface area contributed by atoms with Crippen LogP contribution >= 0.6 is 0 Å². The van der Waals surface area contributed by atoms with E-state index in [-0.39, 0.29) is 5.69 Å². The molecule has 0 fully saturated rings. The van der Waals surface area contributed by atoms with Gasteiger partial charge in [0.05, 0.1) is 34.8 Å². The summed E-state index contributed by atoms with van der Waals surface area (Å²) in [5.41, 5.74) is 1.75. The molecule has 0 aliphatic rings. The fourth-order valence-corrected chi connectivity index (χ4v) is 3.14. The second kappa shape index (κ2) is 8.23. The van der Waals surface area contributed by atoms with E-state index in [4.69, 9.17) is 0 Å². The van der Waals surface area contributed by atoms with Crippen molar-refractivity contribution in [2.45, 2.75) is 12.1 Å². The number of nitro benzene ring substituents is 1. The number of nitro groups is 1. The molecule has 2 aromatic carbocycles. The molecule has 152 valence electrons. The van der Waals surface area contributed by atoms with E-state index in [0.717, 1.165) is 5.69 Å². The van der Waals surface area contributed by atoms with Crippen LogP contribution in [0.2, 0.25) is 0 Å². The lowest BCUT2D eigenvalue weighted by Crippen LogP contribution is -2.31. The molecule has 10 nitrogen and oxygen atoms in total. The SMILES string of the molecule is O=[N+]([O-])c1ccc([C@@H](O)[C@@H](CO)Nc2ncnc3c2cnn3-c2ccccc2)cc1. The van der Waals surface area contributed by atoms with Gasteiger partial charge >= 0.3 is 0 Å². The third-order valence-electron chi connectivity index (χ3n) is 4.71. The zero-order valence-corrected chi connectivity index (χ0v) is 15.7. The van der Waals surface area contributed by atoms with Crippen LogP contribution in [0.1, 0.15) is 11.7 Å². The van der Waals surface area contributed by atoms with Crippen molar-refractivity contribution in [3.05, 3.63) is 82.8 Å². The molecular formula is C20H18N6O4. The number of aromatic nitrogens is 4. The molecule has 0 unspecified atom stereocenters. The molecule has 2 atom stereocenters. The van der Waals surface area contributed by atoms with Gasteiger partial charge in [-0.05, 0) is 29.8 Å². The Balaban J connectivity index is 1.62. The number of benzene rings is 2. The summed E-state index contributed by atoms with van der Waals surface area (Å²) in [5.74, 6) is 0.405. The Morgan fingerprint density at radius 3 is 2.50 bits per heavy atom. The average molecular weight is 406 g/mol. The zero-order chi connectivity index (χ0) is 21.1.